The number of aryl methyl sites for hydroxylation is 1. The summed E-state index contributed by atoms with van der Waals surface area (Å²) in [6.07, 6.45) is 4.74. The van der Waals surface area contributed by atoms with Crippen molar-refractivity contribution in [3.05, 3.63) is 11.7 Å². The second-order valence-electron chi connectivity index (χ2n) is 3.98. The maximum Gasteiger partial charge on any atom is 0.223 e. The third-order valence-electron chi connectivity index (χ3n) is 2.74. The van der Waals surface area contributed by atoms with E-state index in [-0.39, 0.29) is 0 Å². The van der Waals surface area contributed by atoms with Gasteiger partial charge in [0.05, 0.1) is 0 Å². The highest BCUT2D eigenvalue weighted by Crippen LogP contribution is 2.17. The summed E-state index contributed by atoms with van der Waals surface area (Å²) < 4.78 is 4.96. The third-order valence-corrected chi connectivity index (χ3v) is 2.74. The van der Waals surface area contributed by atoms with Crippen molar-refractivity contribution < 1.29 is 4.52 Å². The van der Waals surface area contributed by atoms with Gasteiger partial charge in [0.2, 0.25) is 5.89 Å². The Labute approximate surface area is 84.1 Å². The maximum atomic E-state index is 4.96. The molecule has 0 radical (unpaired) electrons. The van der Waals surface area contributed by atoms with Gasteiger partial charge in [-0.1, -0.05) is 5.16 Å². The van der Waals surface area contributed by atoms with E-state index in [2.05, 4.69) is 15.5 Å². The molecule has 14 heavy (non-hydrogen) atoms. The molecular weight excluding hydrogens is 178 g/mol. The van der Waals surface area contributed by atoms with Crippen molar-refractivity contribution in [3.63, 3.8) is 0 Å². The van der Waals surface area contributed by atoms with E-state index in [0.717, 1.165) is 31.3 Å². The Kier molecular flexibility index (Phi) is 3.14. The molecule has 0 spiro atoms. The zero-order valence-corrected chi connectivity index (χ0v) is 8.62. The lowest BCUT2D eigenvalue weighted by Gasteiger charge is -2.09. The maximum absolute atomic E-state index is 4.96. The number of hydrogen-bond acceptors (Lipinski definition) is 4. The first-order chi connectivity index (χ1) is 6.84. The zero-order chi connectivity index (χ0) is 9.80. The molecule has 0 aromatic carbocycles. The van der Waals surface area contributed by atoms with Crippen LogP contribution in [0.15, 0.2) is 4.52 Å². The van der Waals surface area contributed by atoms with Gasteiger partial charge < -0.3 is 9.84 Å². The molecule has 1 aromatic heterocycles. The highest BCUT2D eigenvalue weighted by molar-refractivity contribution is 4.87. The predicted octanol–water partition coefficient (Wildman–Crippen LogP) is 1.31. The molecule has 0 saturated carbocycles. The quantitative estimate of drug-likeness (QED) is 0.773. The number of hydrogen-bond donors (Lipinski definition) is 1. The number of nitrogens with one attached hydrogen (secondary N) is 1. The topological polar surface area (TPSA) is 51.0 Å². The first-order valence-electron chi connectivity index (χ1n) is 5.34. The molecule has 1 saturated heterocycles. The van der Waals surface area contributed by atoms with Crippen molar-refractivity contribution in [3.8, 4) is 0 Å². The van der Waals surface area contributed by atoms with Crippen molar-refractivity contribution >= 4 is 0 Å². The van der Waals surface area contributed by atoms with Crippen LogP contribution in [0, 0.1) is 12.8 Å². The van der Waals surface area contributed by atoms with Gasteiger partial charge in [0.1, 0.15) is 0 Å². The Morgan fingerprint density at radius 1 is 1.43 bits per heavy atom. The van der Waals surface area contributed by atoms with E-state index in [9.17, 15) is 0 Å². The average molecular weight is 195 g/mol. The van der Waals surface area contributed by atoms with Crippen LogP contribution in [-0.2, 0) is 6.42 Å². The van der Waals surface area contributed by atoms with Gasteiger partial charge in [0.25, 0.3) is 0 Å². The van der Waals surface area contributed by atoms with Gasteiger partial charge >= 0.3 is 0 Å². The van der Waals surface area contributed by atoms with Crippen LogP contribution in [0.1, 0.15) is 31.0 Å². The van der Waals surface area contributed by atoms with Crippen LogP contribution in [0.4, 0.5) is 0 Å². The molecule has 78 valence electrons. The Balaban J connectivity index is 1.89. The van der Waals surface area contributed by atoms with Crippen LogP contribution in [0.25, 0.3) is 0 Å². The summed E-state index contributed by atoms with van der Waals surface area (Å²) in [5.74, 6) is 2.27. The Morgan fingerprint density at radius 3 is 3.14 bits per heavy atom. The summed E-state index contributed by atoms with van der Waals surface area (Å²) in [6, 6.07) is 0. The van der Waals surface area contributed by atoms with E-state index >= 15 is 0 Å². The summed E-state index contributed by atoms with van der Waals surface area (Å²) in [6.45, 7) is 4.12. The van der Waals surface area contributed by atoms with Crippen molar-refractivity contribution in [1.29, 1.82) is 0 Å². The largest absolute Gasteiger partial charge is 0.340 e. The van der Waals surface area contributed by atoms with E-state index in [1.54, 1.807) is 0 Å². The van der Waals surface area contributed by atoms with Crippen LogP contribution in [0.5, 0.6) is 0 Å². The average Bonchev–Trinajstić information content (AvgIpc) is 2.43. The highest BCUT2D eigenvalue weighted by Gasteiger charge is 2.15. The fourth-order valence-corrected chi connectivity index (χ4v) is 1.98. The first-order valence-corrected chi connectivity index (χ1v) is 5.34. The van der Waals surface area contributed by atoms with Crippen LogP contribution < -0.4 is 5.32 Å². The van der Waals surface area contributed by atoms with Crippen LogP contribution in [0.2, 0.25) is 0 Å². The minimum Gasteiger partial charge on any atom is -0.340 e. The molecule has 4 nitrogen and oxygen atoms in total. The summed E-state index contributed by atoms with van der Waals surface area (Å²) >= 11 is 0. The van der Waals surface area contributed by atoms with E-state index in [0.29, 0.717) is 5.89 Å². The van der Waals surface area contributed by atoms with Crippen molar-refractivity contribution in [2.45, 2.75) is 32.6 Å². The molecule has 1 aromatic rings. The number of nitrogens with zero attached hydrogens (tertiary/aromatic N) is 2. The van der Waals surface area contributed by atoms with Gasteiger partial charge in [-0.25, -0.2) is 0 Å². The Morgan fingerprint density at radius 2 is 2.36 bits per heavy atom. The lowest BCUT2D eigenvalue weighted by Crippen LogP contribution is -2.14. The van der Waals surface area contributed by atoms with Crippen LogP contribution in [0.3, 0.4) is 0 Å². The molecule has 2 heterocycles. The molecule has 2 rings (SSSR count). The smallest absolute Gasteiger partial charge is 0.223 e. The Bertz CT molecular complexity index is 277. The lowest BCUT2D eigenvalue weighted by molar-refractivity contribution is 0.378. The molecule has 1 aliphatic rings. The minimum atomic E-state index is 0.673. The van der Waals surface area contributed by atoms with Gasteiger partial charge in [-0.2, -0.15) is 4.98 Å². The second kappa shape index (κ2) is 4.55. The number of rotatable bonds is 2. The van der Waals surface area contributed by atoms with E-state index in [1.807, 2.05) is 6.92 Å². The molecule has 1 unspecified atom stereocenters. The van der Waals surface area contributed by atoms with Gasteiger partial charge in [0, 0.05) is 13.3 Å². The van der Waals surface area contributed by atoms with Gasteiger partial charge in [-0.05, 0) is 38.3 Å². The predicted molar refractivity (Wildman–Crippen MR) is 52.9 cm³/mol. The molecule has 1 atom stereocenters. The van der Waals surface area contributed by atoms with Gasteiger partial charge in [0.15, 0.2) is 5.82 Å². The van der Waals surface area contributed by atoms with Crippen molar-refractivity contribution in [2.75, 3.05) is 13.1 Å². The summed E-state index contributed by atoms with van der Waals surface area (Å²) in [5, 5.41) is 7.34. The van der Waals surface area contributed by atoms with Crippen molar-refractivity contribution in [1.82, 2.24) is 15.5 Å². The van der Waals surface area contributed by atoms with Gasteiger partial charge in [-0.3, -0.25) is 0 Å². The summed E-state index contributed by atoms with van der Waals surface area (Å²) in [5.41, 5.74) is 0. The molecular formula is C10H17N3O. The van der Waals surface area contributed by atoms with Crippen molar-refractivity contribution in [2.24, 2.45) is 5.92 Å². The third kappa shape index (κ3) is 2.54. The molecule has 1 aliphatic heterocycles. The normalized spacial score (nSPS) is 23.4. The minimum absolute atomic E-state index is 0.673. The highest BCUT2D eigenvalue weighted by atomic mass is 16.5. The SMILES string of the molecule is Cc1nc(CC2CCCNCC2)no1. The van der Waals surface area contributed by atoms with E-state index in [4.69, 9.17) is 4.52 Å². The molecule has 4 heteroatoms. The molecule has 0 aliphatic carbocycles. The fraction of sp³-hybridized carbons (Fsp3) is 0.800. The second-order valence-corrected chi connectivity index (χ2v) is 3.98. The van der Waals surface area contributed by atoms with Gasteiger partial charge in [-0.15, -0.1) is 0 Å². The zero-order valence-electron chi connectivity index (χ0n) is 8.62. The first kappa shape index (κ1) is 9.65. The molecule has 1 fully saturated rings. The summed E-state index contributed by atoms with van der Waals surface area (Å²) in [7, 11) is 0. The Hall–Kier alpha value is -0.900. The fourth-order valence-electron chi connectivity index (χ4n) is 1.98. The monoisotopic (exact) mass is 195 g/mol. The molecule has 0 bridgehead atoms. The van der Waals surface area contributed by atoms with E-state index < -0.39 is 0 Å². The van der Waals surface area contributed by atoms with Crippen LogP contribution >= 0.6 is 0 Å². The number of aromatic nitrogens is 2. The lowest BCUT2D eigenvalue weighted by atomic mass is 9.97. The van der Waals surface area contributed by atoms with E-state index in [1.165, 1.54) is 19.3 Å². The standard InChI is InChI=1S/C10H17N3O/c1-8-12-10(13-14-8)7-9-3-2-5-11-6-4-9/h9,11H,2-7H2,1H3. The molecule has 0 amide bonds. The molecule has 1 N–H and O–H groups in total. The summed E-state index contributed by atoms with van der Waals surface area (Å²) in [4.78, 5) is 4.24. The van der Waals surface area contributed by atoms with Crippen LogP contribution in [-0.4, -0.2) is 23.2 Å².